The van der Waals surface area contributed by atoms with E-state index in [1.807, 2.05) is 7.05 Å². The highest BCUT2D eigenvalue weighted by atomic mass is 79.9. The van der Waals surface area contributed by atoms with Crippen molar-refractivity contribution in [3.05, 3.63) is 34.1 Å². The molecule has 1 unspecified atom stereocenters. The molecule has 0 aliphatic carbocycles. The molecule has 2 nitrogen and oxygen atoms in total. The first-order chi connectivity index (χ1) is 8.20. The van der Waals surface area contributed by atoms with Gasteiger partial charge in [-0.2, -0.15) is 0 Å². The zero-order chi connectivity index (χ0) is 12.3. The van der Waals surface area contributed by atoms with Crippen molar-refractivity contribution in [3.63, 3.8) is 0 Å². The molecule has 0 radical (unpaired) electrons. The van der Waals surface area contributed by atoms with Crippen LogP contribution in [0.2, 0.25) is 0 Å². The van der Waals surface area contributed by atoms with Gasteiger partial charge in [-0.15, -0.1) is 12.4 Å². The fraction of sp³-hybridized carbons (Fsp3) is 0.538. The Morgan fingerprint density at radius 3 is 3.00 bits per heavy atom. The van der Waals surface area contributed by atoms with E-state index in [1.54, 1.807) is 12.1 Å². The summed E-state index contributed by atoms with van der Waals surface area (Å²) in [4.78, 5) is 2.43. The van der Waals surface area contributed by atoms with Gasteiger partial charge in [0.05, 0.1) is 0 Å². The minimum absolute atomic E-state index is 0. The molecule has 1 N–H and O–H groups in total. The van der Waals surface area contributed by atoms with Crippen LogP contribution in [0.1, 0.15) is 18.4 Å². The van der Waals surface area contributed by atoms with Crippen molar-refractivity contribution in [1.29, 1.82) is 0 Å². The van der Waals surface area contributed by atoms with Crippen LogP contribution in [0.25, 0.3) is 0 Å². The van der Waals surface area contributed by atoms with E-state index in [-0.39, 0.29) is 18.2 Å². The van der Waals surface area contributed by atoms with Crippen molar-refractivity contribution in [2.45, 2.75) is 25.4 Å². The van der Waals surface area contributed by atoms with Crippen molar-refractivity contribution in [2.24, 2.45) is 0 Å². The quantitative estimate of drug-likeness (QED) is 0.908. The third kappa shape index (κ3) is 3.92. The molecule has 1 aromatic rings. The van der Waals surface area contributed by atoms with Gasteiger partial charge in [-0.25, -0.2) is 4.39 Å². The van der Waals surface area contributed by atoms with Crippen LogP contribution in [0, 0.1) is 5.82 Å². The van der Waals surface area contributed by atoms with Crippen molar-refractivity contribution in [1.82, 2.24) is 10.2 Å². The van der Waals surface area contributed by atoms with Crippen molar-refractivity contribution >= 4 is 28.3 Å². The Kier molecular flexibility index (Phi) is 6.57. The zero-order valence-corrected chi connectivity index (χ0v) is 12.9. The summed E-state index contributed by atoms with van der Waals surface area (Å²) in [6.45, 7) is 2.94. The molecule has 1 aliphatic rings. The average Bonchev–Trinajstić information content (AvgIpc) is 2.72. The van der Waals surface area contributed by atoms with Gasteiger partial charge >= 0.3 is 0 Å². The van der Waals surface area contributed by atoms with E-state index in [0.717, 1.165) is 29.7 Å². The highest BCUT2D eigenvalue weighted by Gasteiger charge is 2.24. The molecule has 2 rings (SSSR count). The molecule has 1 heterocycles. The molecule has 1 fully saturated rings. The summed E-state index contributed by atoms with van der Waals surface area (Å²) in [5.41, 5.74) is 1.04. The van der Waals surface area contributed by atoms with Gasteiger partial charge in [0.1, 0.15) is 5.82 Å². The van der Waals surface area contributed by atoms with Gasteiger partial charge in [0.15, 0.2) is 0 Å². The Morgan fingerprint density at radius 2 is 2.28 bits per heavy atom. The number of nitrogens with zero attached hydrogens (tertiary/aromatic N) is 1. The molecular weight excluding hydrogens is 319 g/mol. The Bertz CT molecular complexity index is 389. The lowest BCUT2D eigenvalue weighted by Crippen LogP contribution is -2.36. The van der Waals surface area contributed by atoms with Crippen LogP contribution in [0.3, 0.4) is 0 Å². The summed E-state index contributed by atoms with van der Waals surface area (Å²) < 4.78 is 14.2. The van der Waals surface area contributed by atoms with Crippen LogP contribution in [0.15, 0.2) is 22.7 Å². The zero-order valence-electron chi connectivity index (χ0n) is 10.5. The average molecular weight is 338 g/mol. The number of benzene rings is 1. The van der Waals surface area contributed by atoms with E-state index in [2.05, 4.69) is 26.1 Å². The summed E-state index contributed by atoms with van der Waals surface area (Å²) in [6, 6.07) is 5.48. The molecule has 0 saturated carbocycles. The summed E-state index contributed by atoms with van der Waals surface area (Å²) in [6.07, 6.45) is 2.47. The summed E-state index contributed by atoms with van der Waals surface area (Å²) in [5.74, 6) is -0.160. The first kappa shape index (κ1) is 15.9. The second kappa shape index (κ2) is 7.43. The molecule has 1 aromatic carbocycles. The second-order valence-corrected chi connectivity index (χ2v) is 5.41. The van der Waals surface area contributed by atoms with E-state index < -0.39 is 0 Å². The SMILES string of the molecule is CNCC1CCCN1Cc1cc(F)ccc1Br.Cl. The van der Waals surface area contributed by atoms with Crippen LogP contribution in [-0.4, -0.2) is 31.1 Å². The monoisotopic (exact) mass is 336 g/mol. The predicted octanol–water partition coefficient (Wildman–Crippen LogP) is 3.19. The third-order valence-corrected chi connectivity index (χ3v) is 4.09. The van der Waals surface area contributed by atoms with Gasteiger partial charge in [-0.05, 0) is 50.2 Å². The molecule has 0 bridgehead atoms. The molecule has 0 amide bonds. The smallest absolute Gasteiger partial charge is 0.123 e. The van der Waals surface area contributed by atoms with E-state index >= 15 is 0 Å². The highest BCUT2D eigenvalue weighted by Crippen LogP contribution is 2.24. The minimum atomic E-state index is -0.160. The number of rotatable bonds is 4. The molecular formula is C13H19BrClFN2. The van der Waals surface area contributed by atoms with Gasteiger partial charge in [-0.3, -0.25) is 4.90 Å². The second-order valence-electron chi connectivity index (χ2n) is 4.56. The molecule has 1 saturated heterocycles. The Labute approximate surface area is 122 Å². The maximum absolute atomic E-state index is 13.2. The molecule has 1 aliphatic heterocycles. The lowest BCUT2D eigenvalue weighted by molar-refractivity contribution is 0.241. The normalized spacial score (nSPS) is 19.8. The third-order valence-electron chi connectivity index (χ3n) is 3.32. The van der Waals surface area contributed by atoms with Gasteiger partial charge in [-0.1, -0.05) is 15.9 Å². The molecule has 0 spiro atoms. The maximum Gasteiger partial charge on any atom is 0.123 e. The van der Waals surface area contributed by atoms with Gasteiger partial charge < -0.3 is 5.32 Å². The Morgan fingerprint density at radius 1 is 1.50 bits per heavy atom. The fourth-order valence-electron chi connectivity index (χ4n) is 2.45. The van der Waals surface area contributed by atoms with Crippen LogP contribution < -0.4 is 5.32 Å². The maximum atomic E-state index is 13.2. The molecule has 0 aromatic heterocycles. The van der Waals surface area contributed by atoms with Gasteiger partial charge in [0.25, 0.3) is 0 Å². The number of likely N-dealkylation sites (N-methyl/N-ethyl adjacent to an activating group) is 1. The summed E-state index contributed by atoms with van der Waals surface area (Å²) in [7, 11) is 1.98. The molecule has 5 heteroatoms. The summed E-state index contributed by atoms with van der Waals surface area (Å²) in [5, 5.41) is 3.22. The largest absolute Gasteiger partial charge is 0.318 e. The van der Waals surface area contributed by atoms with E-state index in [1.165, 1.54) is 18.9 Å². The molecule has 1 atom stereocenters. The van der Waals surface area contributed by atoms with Gasteiger partial charge in [0.2, 0.25) is 0 Å². The highest BCUT2D eigenvalue weighted by molar-refractivity contribution is 9.10. The van der Waals surface area contributed by atoms with E-state index in [4.69, 9.17) is 0 Å². The number of nitrogens with one attached hydrogen (secondary N) is 1. The number of hydrogen-bond donors (Lipinski definition) is 1. The lowest BCUT2D eigenvalue weighted by atomic mass is 10.2. The van der Waals surface area contributed by atoms with Crippen LogP contribution in [0.5, 0.6) is 0 Å². The van der Waals surface area contributed by atoms with E-state index in [9.17, 15) is 4.39 Å². The first-order valence-corrected chi connectivity index (χ1v) is 6.82. The summed E-state index contributed by atoms with van der Waals surface area (Å²) >= 11 is 3.49. The van der Waals surface area contributed by atoms with Crippen LogP contribution in [-0.2, 0) is 6.54 Å². The number of halogens is 3. The molecule has 102 valence electrons. The van der Waals surface area contributed by atoms with Crippen LogP contribution in [0.4, 0.5) is 4.39 Å². The number of hydrogen-bond acceptors (Lipinski definition) is 2. The van der Waals surface area contributed by atoms with Crippen molar-refractivity contribution < 1.29 is 4.39 Å². The topological polar surface area (TPSA) is 15.3 Å². The fourth-order valence-corrected chi connectivity index (χ4v) is 2.83. The first-order valence-electron chi connectivity index (χ1n) is 6.03. The molecule has 18 heavy (non-hydrogen) atoms. The van der Waals surface area contributed by atoms with Crippen molar-refractivity contribution in [2.75, 3.05) is 20.1 Å². The number of likely N-dealkylation sites (tertiary alicyclic amines) is 1. The minimum Gasteiger partial charge on any atom is -0.318 e. The van der Waals surface area contributed by atoms with E-state index in [0.29, 0.717) is 6.04 Å². The Hall–Kier alpha value is -0.160. The van der Waals surface area contributed by atoms with Crippen molar-refractivity contribution in [3.8, 4) is 0 Å². The standard InChI is InChI=1S/C13H18BrFN2.ClH/c1-16-8-12-3-2-6-17(12)9-10-7-11(15)4-5-13(10)14;/h4-5,7,12,16H,2-3,6,8-9H2,1H3;1H. The Balaban J connectivity index is 0.00000162. The predicted molar refractivity (Wildman–Crippen MR) is 78.7 cm³/mol. The van der Waals surface area contributed by atoms with Gasteiger partial charge in [0, 0.05) is 23.6 Å². The van der Waals surface area contributed by atoms with Crippen LogP contribution >= 0.6 is 28.3 Å². The lowest BCUT2D eigenvalue weighted by Gasteiger charge is -2.24.